The largest absolute Gasteiger partial charge is 1.00 e. The predicted octanol–water partition coefficient (Wildman–Crippen LogP) is -3.90. The number of rotatable bonds is 1. The minimum absolute atomic E-state index is 0. The van der Waals surface area contributed by atoms with Crippen LogP contribution >= 0.6 is 0 Å². The van der Waals surface area contributed by atoms with E-state index in [0.717, 1.165) is 0 Å². The van der Waals surface area contributed by atoms with Crippen molar-refractivity contribution in [1.82, 2.24) is 0 Å². The van der Waals surface area contributed by atoms with Crippen molar-refractivity contribution >= 4 is 5.91 Å². The van der Waals surface area contributed by atoms with Gasteiger partial charge in [0.15, 0.2) is 0 Å². The number of nitrogens with two attached hydrogens (primary N) is 1. The van der Waals surface area contributed by atoms with Gasteiger partial charge in [0.1, 0.15) is 5.91 Å². The molecule has 2 N–H and O–H groups in total. The van der Waals surface area contributed by atoms with Crippen molar-refractivity contribution in [3.05, 3.63) is 5.92 Å². The Kier molecular flexibility index (Phi) is 7.92. The Morgan fingerprint density at radius 2 is 1.78 bits per heavy atom. The van der Waals surface area contributed by atoms with Crippen LogP contribution in [-0.4, -0.2) is 5.91 Å². The zero-order chi connectivity index (χ0) is 6.57. The number of nitrogens with zero attached hydrogens (tertiary/aromatic N) is 2. The molecule has 0 rings (SSSR count). The van der Waals surface area contributed by atoms with Gasteiger partial charge in [0, 0.05) is 0 Å². The molecule has 0 bridgehead atoms. The molecule has 0 aromatic carbocycles. The summed E-state index contributed by atoms with van der Waals surface area (Å²) in [6, 6.07) is 2.66. The molecule has 0 unspecified atom stereocenters. The average molecular weight is 147 g/mol. The molecule has 0 saturated heterocycles. The van der Waals surface area contributed by atoms with E-state index in [4.69, 9.17) is 10.5 Å². The summed E-state index contributed by atoms with van der Waals surface area (Å²) in [6.07, 6.45) is 0. The summed E-state index contributed by atoms with van der Waals surface area (Å²) < 4.78 is 0. The van der Waals surface area contributed by atoms with Crippen molar-refractivity contribution in [3.63, 3.8) is 0 Å². The summed E-state index contributed by atoms with van der Waals surface area (Å²) in [5, 5.41) is 15.8. The van der Waals surface area contributed by atoms with Gasteiger partial charge >= 0.3 is 51.4 Å². The quantitative estimate of drug-likeness (QED) is 0.303. The van der Waals surface area contributed by atoms with Crippen LogP contribution in [0.15, 0.2) is 0 Å². The molecule has 0 aliphatic carbocycles. The van der Waals surface area contributed by atoms with Gasteiger partial charge in [-0.05, 0) is 0 Å². The number of primary amides is 1. The molecule has 0 heterocycles. The standard InChI is InChI=1S/C4H2N3O.K/c5-1-3(2-6)4(7)8;/h(H2,7,8);/q-1;+1. The normalized spacial score (nSPS) is 5.56. The van der Waals surface area contributed by atoms with E-state index in [0.29, 0.717) is 0 Å². The van der Waals surface area contributed by atoms with Gasteiger partial charge in [-0.1, -0.05) is 18.1 Å². The minimum atomic E-state index is -0.977. The summed E-state index contributed by atoms with van der Waals surface area (Å²) in [5.41, 5.74) is 4.54. The molecule has 0 fully saturated rings. The first-order valence-electron chi connectivity index (χ1n) is 1.69. The number of hydrogen-bond acceptors (Lipinski definition) is 3. The van der Waals surface area contributed by atoms with Crippen molar-refractivity contribution < 1.29 is 56.2 Å². The van der Waals surface area contributed by atoms with Gasteiger partial charge in [-0.2, -0.15) is 0 Å². The minimum Gasteiger partial charge on any atom is -0.393 e. The fourth-order valence-electron chi connectivity index (χ4n) is 0.135. The van der Waals surface area contributed by atoms with Gasteiger partial charge in [-0.25, -0.2) is 10.5 Å². The van der Waals surface area contributed by atoms with E-state index in [9.17, 15) is 4.79 Å². The second-order valence-corrected chi connectivity index (χ2v) is 0.963. The molecule has 0 spiro atoms. The van der Waals surface area contributed by atoms with Crippen LogP contribution in [0.1, 0.15) is 0 Å². The second-order valence-electron chi connectivity index (χ2n) is 0.963. The molecule has 0 aromatic heterocycles. The van der Waals surface area contributed by atoms with Crippen molar-refractivity contribution in [3.8, 4) is 12.1 Å². The zero-order valence-corrected chi connectivity index (χ0v) is 8.00. The number of hydrogen-bond donors (Lipinski definition) is 1. The number of amides is 1. The van der Waals surface area contributed by atoms with Crippen molar-refractivity contribution in [2.24, 2.45) is 5.73 Å². The molecular formula is C4H2KN3O. The monoisotopic (exact) mass is 147 g/mol. The van der Waals surface area contributed by atoms with Gasteiger partial charge in [0.2, 0.25) is 0 Å². The van der Waals surface area contributed by atoms with Crippen LogP contribution in [0.3, 0.4) is 0 Å². The van der Waals surface area contributed by atoms with Gasteiger partial charge in [0.25, 0.3) is 0 Å². The Morgan fingerprint density at radius 3 is 1.78 bits per heavy atom. The molecule has 1 amide bonds. The van der Waals surface area contributed by atoms with Crippen LogP contribution in [0.4, 0.5) is 0 Å². The Bertz CT molecular complexity index is 163. The molecule has 0 aliphatic rings. The first-order chi connectivity index (χ1) is 3.72. The molecule has 5 heteroatoms. The average Bonchev–Trinajstić information content (AvgIpc) is 1.69. The fourth-order valence-corrected chi connectivity index (χ4v) is 0.135. The molecule has 4 nitrogen and oxygen atoms in total. The van der Waals surface area contributed by atoms with E-state index in [2.05, 4.69) is 5.73 Å². The van der Waals surface area contributed by atoms with Crippen molar-refractivity contribution in [1.29, 1.82) is 10.5 Å². The van der Waals surface area contributed by atoms with Crippen LogP contribution in [0.2, 0.25) is 0 Å². The van der Waals surface area contributed by atoms with Crippen LogP contribution in [0.5, 0.6) is 0 Å². The molecule has 0 aliphatic heterocycles. The maximum Gasteiger partial charge on any atom is 1.00 e. The third-order valence-corrected chi connectivity index (χ3v) is 0.470. The van der Waals surface area contributed by atoms with E-state index in [1.807, 2.05) is 0 Å². The Balaban J connectivity index is 0. The number of nitriles is 2. The van der Waals surface area contributed by atoms with Crippen molar-refractivity contribution in [2.75, 3.05) is 0 Å². The van der Waals surface area contributed by atoms with Gasteiger partial charge in [-0.3, -0.25) is 0 Å². The Labute approximate surface area is 95.0 Å². The second kappa shape index (κ2) is 6.08. The van der Waals surface area contributed by atoms with Crippen LogP contribution in [-0.2, 0) is 4.79 Å². The first-order valence-corrected chi connectivity index (χ1v) is 1.69. The molecule has 0 atom stereocenters. The smallest absolute Gasteiger partial charge is 0.393 e. The number of carbonyl (C=O) groups is 1. The summed E-state index contributed by atoms with van der Waals surface area (Å²) in [4.78, 5) is 9.90. The third-order valence-electron chi connectivity index (χ3n) is 0.470. The summed E-state index contributed by atoms with van der Waals surface area (Å²) in [6.45, 7) is 0. The molecular weight excluding hydrogens is 145 g/mol. The predicted molar refractivity (Wildman–Crippen MR) is 23.7 cm³/mol. The number of carbonyl (C=O) groups excluding carboxylic acids is 1. The molecule has 0 aromatic rings. The summed E-state index contributed by atoms with van der Waals surface area (Å²) >= 11 is 0. The van der Waals surface area contributed by atoms with Gasteiger partial charge in [0.05, 0.1) is 0 Å². The van der Waals surface area contributed by atoms with Gasteiger partial charge < -0.3 is 10.5 Å². The zero-order valence-electron chi connectivity index (χ0n) is 4.88. The van der Waals surface area contributed by atoms with Crippen LogP contribution < -0.4 is 57.1 Å². The fraction of sp³-hybridized carbons (Fsp3) is 0. The van der Waals surface area contributed by atoms with Crippen LogP contribution in [0, 0.1) is 28.6 Å². The summed E-state index contributed by atoms with van der Waals surface area (Å²) in [5.74, 6) is -1.54. The van der Waals surface area contributed by atoms with E-state index < -0.39 is 11.8 Å². The first kappa shape index (κ1) is 11.7. The van der Waals surface area contributed by atoms with E-state index in [1.54, 1.807) is 0 Å². The Morgan fingerprint density at radius 1 is 1.44 bits per heavy atom. The van der Waals surface area contributed by atoms with E-state index in [1.165, 1.54) is 12.1 Å². The van der Waals surface area contributed by atoms with Gasteiger partial charge in [-0.15, -0.1) is 0 Å². The third kappa shape index (κ3) is 4.46. The SMILES string of the molecule is N#C[C-](C#N)C(N)=O.[K+]. The van der Waals surface area contributed by atoms with Crippen molar-refractivity contribution in [2.45, 2.75) is 0 Å². The van der Waals surface area contributed by atoms with E-state index >= 15 is 0 Å². The summed E-state index contributed by atoms with van der Waals surface area (Å²) in [7, 11) is 0. The van der Waals surface area contributed by atoms with Crippen LogP contribution in [0.25, 0.3) is 0 Å². The maximum absolute atomic E-state index is 9.90. The molecule has 0 saturated carbocycles. The Hall–Kier alpha value is -0.0436. The van der Waals surface area contributed by atoms with E-state index in [-0.39, 0.29) is 51.4 Å². The topological polar surface area (TPSA) is 90.7 Å². The molecule has 9 heavy (non-hydrogen) atoms. The molecule has 40 valence electrons. The molecule has 0 radical (unpaired) electrons. The maximum atomic E-state index is 9.90.